The molecule has 102 valence electrons. The van der Waals surface area contributed by atoms with Crippen LogP contribution in [0, 0.1) is 0 Å². The van der Waals surface area contributed by atoms with Crippen LogP contribution in [0.5, 0.6) is 0 Å². The fourth-order valence-electron chi connectivity index (χ4n) is 1.62. The minimum Gasteiger partial charge on any atom is -0.330 e. The number of rotatable bonds is 7. The molecule has 1 aromatic rings. The maximum atomic E-state index is 12.0. The summed E-state index contributed by atoms with van der Waals surface area (Å²) in [6, 6.07) is 6.79. The Morgan fingerprint density at radius 1 is 1.33 bits per heavy atom. The van der Waals surface area contributed by atoms with Crippen LogP contribution in [-0.2, 0) is 16.4 Å². The Morgan fingerprint density at radius 2 is 1.94 bits per heavy atom. The number of thioether (sulfide) groups is 1. The van der Waals surface area contributed by atoms with E-state index >= 15 is 0 Å². The Labute approximate surface area is 113 Å². The van der Waals surface area contributed by atoms with Crippen molar-refractivity contribution in [3.63, 3.8) is 0 Å². The van der Waals surface area contributed by atoms with Gasteiger partial charge in [-0.25, -0.2) is 13.1 Å². The smallest absolute Gasteiger partial charge is 0.240 e. The van der Waals surface area contributed by atoms with Gasteiger partial charge in [0.15, 0.2) is 0 Å². The lowest BCUT2D eigenvalue weighted by Gasteiger charge is -2.13. The third-order valence-electron chi connectivity index (χ3n) is 2.44. The summed E-state index contributed by atoms with van der Waals surface area (Å²) in [7, 11) is -3.41. The number of hydrogen-bond donors (Lipinski definition) is 2. The first-order valence-electron chi connectivity index (χ1n) is 5.80. The summed E-state index contributed by atoms with van der Waals surface area (Å²) in [5.74, 6) is 0.754. The monoisotopic (exact) mass is 288 g/mol. The Bertz CT molecular complexity index is 457. The van der Waals surface area contributed by atoms with Crippen LogP contribution in [0.4, 0.5) is 0 Å². The Hall–Kier alpha value is -0.560. The number of nitrogens with one attached hydrogen (secondary N) is 1. The van der Waals surface area contributed by atoms with E-state index < -0.39 is 10.0 Å². The summed E-state index contributed by atoms with van der Waals surface area (Å²) in [4.78, 5) is 0.302. The van der Waals surface area contributed by atoms with Crippen LogP contribution < -0.4 is 10.5 Å². The minimum atomic E-state index is -3.41. The summed E-state index contributed by atoms with van der Waals surface area (Å²) in [6.45, 7) is 2.42. The molecular formula is C12H20N2O2S2. The maximum absolute atomic E-state index is 12.0. The molecule has 0 aliphatic carbocycles. The molecule has 6 heteroatoms. The lowest BCUT2D eigenvalue weighted by molar-refractivity contribution is 0.571. The van der Waals surface area contributed by atoms with E-state index in [1.54, 1.807) is 36.0 Å². The van der Waals surface area contributed by atoms with Gasteiger partial charge in [-0.1, -0.05) is 12.1 Å². The molecule has 1 unspecified atom stereocenters. The van der Waals surface area contributed by atoms with Crippen molar-refractivity contribution in [2.24, 2.45) is 5.73 Å². The van der Waals surface area contributed by atoms with Gasteiger partial charge < -0.3 is 5.73 Å². The van der Waals surface area contributed by atoms with Gasteiger partial charge in [-0.05, 0) is 43.8 Å². The first kappa shape index (κ1) is 15.5. The van der Waals surface area contributed by atoms with Crippen molar-refractivity contribution in [2.75, 3.05) is 18.6 Å². The van der Waals surface area contributed by atoms with E-state index in [0.717, 1.165) is 17.7 Å². The third kappa shape index (κ3) is 4.61. The van der Waals surface area contributed by atoms with Gasteiger partial charge in [0.2, 0.25) is 10.0 Å². The molecule has 0 bridgehead atoms. The first-order valence-corrected chi connectivity index (χ1v) is 8.67. The summed E-state index contributed by atoms with van der Waals surface area (Å²) < 4.78 is 26.7. The summed E-state index contributed by atoms with van der Waals surface area (Å²) >= 11 is 1.61. The summed E-state index contributed by atoms with van der Waals surface area (Å²) in [5, 5.41) is 0. The molecule has 3 N–H and O–H groups in total. The van der Waals surface area contributed by atoms with E-state index in [2.05, 4.69) is 4.72 Å². The van der Waals surface area contributed by atoms with E-state index in [9.17, 15) is 8.42 Å². The van der Waals surface area contributed by atoms with E-state index in [1.165, 1.54) is 0 Å². The van der Waals surface area contributed by atoms with E-state index in [1.807, 2.05) is 13.2 Å². The van der Waals surface area contributed by atoms with Gasteiger partial charge in [0, 0.05) is 11.8 Å². The van der Waals surface area contributed by atoms with E-state index in [4.69, 9.17) is 5.73 Å². The topological polar surface area (TPSA) is 72.2 Å². The van der Waals surface area contributed by atoms with Crippen molar-refractivity contribution >= 4 is 21.8 Å². The van der Waals surface area contributed by atoms with E-state index in [-0.39, 0.29) is 6.04 Å². The van der Waals surface area contributed by atoms with E-state index in [0.29, 0.717) is 11.4 Å². The number of nitrogens with two attached hydrogens (primary N) is 1. The quantitative estimate of drug-likeness (QED) is 0.791. The highest BCUT2D eigenvalue weighted by molar-refractivity contribution is 7.98. The largest absolute Gasteiger partial charge is 0.330 e. The average Bonchev–Trinajstić information content (AvgIpc) is 2.29. The Kier molecular flexibility index (Phi) is 6.14. The second-order valence-corrected chi connectivity index (χ2v) is 6.78. The molecule has 1 atom stereocenters. The minimum absolute atomic E-state index is 0.0753. The SMILES string of the molecule is CSCC(C)NS(=O)(=O)c1ccc(CCN)cc1. The molecule has 4 nitrogen and oxygen atoms in total. The summed E-state index contributed by atoms with van der Waals surface area (Å²) in [5.41, 5.74) is 6.50. The molecular weight excluding hydrogens is 268 g/mol. The fraction of sp³-hybridized carbons (Fsp3) is 0.500. The normalized spacial score (nSPS) is 13.5. The molecule has 0 amide bonds. The molecule has 0 heterocycles. The molecule has 0 radical (unpaired) electrons. The standard InChI is InChI=1S/C12H20N2O2S2/c1-10(9-17-2)14-18(15,16)12-5-3-11(4-6-12)7-8-13/h3-6,10,14H,7-9,13H2,1-2H3. The highest BCUT2D eigenvalue weighted by atomic mass is 32.2. The Balaban J connectivity index is 2.78. The predicted molar refractivity (Wildman–Crippen MR) is 77.4 cm³/mol. The van der Waals surface area contributed by atoms with Crippen LogP contribution >= 0.6 is 11.8 Å². The van der Waals surface area contributed by atoms with Gasteiger partial charge >= 0.3 is 0 Å². The van der Waals surface area contributed by atoms with Gasteiger partial charge in [0.05, 0.1) is 4.90 Å². The van der Waals surface area contributed by atoms with Gasteiger partial charge in [0.25, 0.3) is 0 Å². The number of benzene rings is 1. The van der Waals surface area contributed by atoms with Crippen LogP contribution in [0.25, 0.3) is 0 Å². The van der Waals surface area contributed by atoms with Crippen LogP contribution in [0.15, 0.2) is 29.2 Å². The molecule has 0 saturated carbocycles. The molecule has 0 spiro atoms. The average molecular weight is 288 g/mol. The molecule has 1 rings (SSSR count). The van der Waals surface area contributed by atoms with Crippen molar-refractivity contribution < 1.29 is 8.42 Å². The zero-order valence-corrected chi connectivity index (χ0v) is 12.4. The van der Waals surface area contributed by atoms with Crippen LogP contribution in [0.3, 0.4) is 0 Å². The van der Waals surface area contributed by atoms with Crippen molar-refractivity contribution in [1.29, 1.82) is 0 Å². The second-order valence-electron chi connectivity index (χ2n) is 4.16. The van der Waals surface area contributed by atoms with Gasteiger partial charge in [-0.15, -0.1) is 0 Å². The molecule has 1 aromatic carbocycles. The second kappa shape index (κ2) is 7.13. The van der Waals surface area contributed by atoms with Gasteiger partial charge in [0.1, 0.15) is 0 Å². The molecule has 0 aliphatic rings. The first-order chi connectivity index (χ1) is 8.49. The number of hydrogen-bond acceptors (Lipinski definition) is 4. The van der Waals surface area contributed by atoms with Crippen molar-refractivity contribution in [3.8, 4) is 0 Å². The van der Waals surface area contributed by atoms with Crippen molar-refractivity contribution in [2.45, 2.75) is 24.3 Å². The summed E-state index contributed by atoms with van der Waals surface area (Å²) in [6.07, 6.45) is 2.71. The lowest BCUT2D eigenvalue weighted by atomic mass is 10.2. The number of sulfonamides is 1. The van der Waals surface area contributed by atoms with Crippen LogP contribution in [-0.4, -0.2) is 33.0 Å². The maximum Gasteiger partial charge on any atom is 0.240 e. The molecule has 0 aliphatic heterocycles. The highest BCUT2D eigenvalue weighted by Crippen LogP contribution is 2.12. The van der Waals surface area contributed by atoms with Crippen molar-refractivity contribution in [1.82, 2.24) is 4.72 Å². The Morgan fingerprint density at radius 3 is 2.44 bits per heavy atom. The predicted octanol–water partition coefficient (Wildman–Crippen LogP) is 1.22. The molecule has 0 aromatic heterocycles. The molecule has 0 saturated heterocycles. The third-order valence-corrected chi connectivity index (χ3v) is 4.88. The van der Waals surface area contributed by atoms with Gasteiger partial charge in [-0.3, -0.25) is 0 Å². The van der Waals surface area contributed by atoms with Gasteiger partial charge in [-0.2, -0.15) is 11.8 Å². The highest BCUT2D eigenvalue weighted by Gasteiger charge is 2.16. The fourth-order valence-corrected chi connectivity index (χ4v) is 3.55. The van der Waals surface area contributed by atoms with Crippen LogP contribution in [0.1, 0.15) is 12.5 Å². The lowest BCUT2D eigenvalue weighted by Crippen LogP contribution is -2.34. The van der Waals surface area contributed by atoms with Crippen LogP contribution in [0.2, 0.25) is 0 Å². The zero-order chi connectivity index (χ0) is 13.6. The van der Waals surface area contributed by atoms with Crippen molar-refractivity contribution in [3.05, 3.63) is 29.8 Å². The molecule has 0 fully saturated rings. The molecule has 18 heavy (non-hydrogen) atoms. The zero-order valence-electron chi connectivity index (χ0n) is 10.7.